The van der Waals surface area contributed by atoms with Crippen LogP contribution in [0.15, 0.2) is 22.7 Å². The molecule has 0 saturated heterocycles. The van der Waals surface area contributed by atoms with Gasteiger partial charge in [-0.2, -0.15) is 0 Å². The van der Waals surface area contributed by atoms with Crippen molar-refractivity contribution in [3.05, 3.63) is 34.1 Å². The Morgan fingerprint density at radius 2 is 2.11 bits per heavy atom. The molecule has 1 amide bonds. The first kappa shape index (κ1) is 15.6. The van der Waals surface area contributed by atoms with Crippen molar-refractivity contribution in [2.75, 3.05) is 20.2 Å². The number of amides is 1. The average Bonchev–Trinajstić information content (AvgIpc) is 2.38. The summed E-state index contributed by atoms with van der Waals surface area (Å²) in [4.78, 5) is 24.8. The molecular weight excluding hydrogens is 317 g/mol. The lowest BCUT2D eigenvalue weighted by atomic mass is 10.2. The minimum Gasteiger partial charge on any atom is -0.469 e. The summed E-state index contributed by atoms with van der Waals surface area (Å²) in [6.07, 6.45) is 0.134. The third kappa shape index (κ3) is 4.31. The van der Waals surface area contributed by atoms with Crippen LogP contribution < -0.4 is 0 Å². The second-order valence-corrected chi connectivity index (χ2v) is 4.69. The maximum Gasteiger partial charge on any atom is 0.307 e. The van der Waals surface area contributed by atoms with E-state index >= 15 is 0 Å². The van der Waals surface area contributed by atoms with E-state index in [0.717, 1.165) is 0 Å². The summed E-state index contributed by atoms with van der Waals surface area (Å²) in [5, 5.41) is 0. The van der Waals surface area contributed by atoms with Crippen LogP contribution in [0, 0.1) is 5.82 Å². The molecule has 0 atom stereocenters. The topological polar surface area (TPSA) is 46.6 Å². The molecule has 0 heterocycles. The van der Waals surface area contributed by atoms with Crippen molar-refractivity contribution in [1.82, 2.24) is 4.90 Å². The summed E-state index contributed by atoms with van der Waals surface area (Å²) in [5.74, 6) is -1.04. The fourth-order valence-electron chi connectivity index (χ4n) is 1.56. The number of esters is 1. The zero-order chi connectivity index (χ0) is 14.4. The molecule has 0 radical (unpaired) electrons. The van der Waals surface area contributed by atoms with E-state index in [4.69, 9.17) is 0 Å². The zero-order valence-corrected chi connectivity index (χ0v) is 12.4. The van der Waals surface area contributed by atoms with Gasteiger partial charge in [-0.15, -0.1) is 0 Å². The maximum absolute atomic E-state index is 13.0. The van der Waals surface area contributed by atoms with E-state index in [9.17, 15) is 14.0 Å². The summed E-state index contributed by atoms with van der Waals surface area (Å²) in [6.45, 7) is 2.54. The Kier molecular flexibility index (Phi) is 5.95. The van der Waals surface area contributed by atoms with Crippen LogP contribution in [-0.2, 0) is 9.53 Å². The molecule has 1 aromatic carbocycles. The molecule has 0 N–H and O–H groups in total. The number of halogens is 2. The molecule has 104 valence electrons. The molecule has 0 saturated carbocycles. The van der Waals surface area contributed by atoms with Gasteiger partial charge in [0.05, 0.1) is 19.1 Å². The summed E-state index contributed by atoms with van der Waals surface area (Å²) in [6, 6.07) is 3.88. The quantitative estimate of drug-likeness (QED) is 0.779. The first-order valence-corrected chi connectivity index (χ1v) is 6.60. The Morgan fingerprint density at radius 3 is 2.63 bits per heavy atom. The average molecular weight is 332 g/mol. The predicted molar refractivity (Wildman–Crippen MR) is 72.3 cm³/mol. The van der Waals surface area contributed by atoms with Crippen LogP contribution in [-0.4, -0.2) is 37.0 Å². The van der Waals surface area contributed by atoms with E-state index in [1.165, 1.54) is 30.2 Å². The number of rotatable bonds is 5. The number of ether oxygens (including phenoxy) is 1. The minimum absolute atomic E-state index is 0.134. The van der Waals surface area contributed by atoms with E-state index < -0.39 is 5.82 Å². The van der Waals surface area contributed by atoms with E-state index in [0.29, 0.717) is 16.6 Å². The Balaban J connectivity index is 2.80. The van der Waals surface area contributed by atoms with Crippen LogP contribution in [0.2, 0.25) is 0 Å². The molecule has 0 unspecified atom stereocenters. The number of carbonyl (C=O) groups excluding carboxylic acids is 2. The van der Waals surface area contributed by atoms with E-state index in [1.807, 2.05) is 6.92 Å². The molecule has 0 bridgehead atoms. The molecule has 1 rings (SSSR count). The monoisotopic (exact) mass is 331 g/mol. The predicted octanol–water partition coefficient (Wildman–Crippen LogP) is 2.61. The van der Waals surface area contributed by atoms with Gasteiger partial charge in [-0.25, -0.2) is 4.39 Å². The van der Waals surface area contributed by atoms with Gasteiger partial charge in [0.25, 0.3) is 5.91 Å². The van der Waals surface area contributed by atoms with Gasteiger partial charge in [0, 0.05) is 17.6 Å². The van der Waals surface area contributed by atoms with E-state index in [1.54, 1.807) is 0 Å². The molecule has 19 heavy (non-hydrogen) atoms. The molecular formula is C13H15BrFNO3. The van der Waals surface area contributed by atoms with Gasteiger partial charge in [0.1, 0.15) is 5.82 Å². The van der Waals surface area contributed by atoms with Gasteiger partial charge >= 0.3 is 5.97 Å². The van der Waals surface area contributed by atoms with Crippen LogP contribution in [0.25, 0.3) is 0 Å². The molecule has 0 spiro atoms. The fraction of sp³-hybridized carbons (Fsp3) is 0.385. The lowest BCUT2D eigenvalue weighted by Crippen LogP contribution is -2.33. The minimum atomic E-state index is -0.416. The van der Waals surface area contributed by atoms with Crippen molar-refractivity contribution >= 4 is 27.8 Å². The highest BCUT2D eigenvalue weighted by atomic mass is 79.9. The molecule has 0 fully saturated rings. The number of nitrogens with zero attached hydrogens (tertiary/aromatic N) is 1. The van der Waals surface area contributed by atoms with Gasteiger partial charge in [-0.05, 0) is 41.1 Å². The number of methoxy groups -OCH3 is 1. The maximum atomic E-state index is 13.0. The molecule has 0 aliphatic heterocycles. The van der Waals surface area contributed by atoms with Crippen molar-refractivity contribution in [3.8, 4) is 0 Å². The standard InChI is InChI=1S/C13H15BrFNO3/c1-3-16(7-6-12(17)19-2)13(18)10-5-4-9(15)8-11(10)14/h4-5,8H,3,6-7H2,1-2H3. The third-order valence-corrected chi connectivity index (χ3v) is 3.30. The molecule has 0 aromatic heterocycles. The van der Waals surface area contributed by atoms with Gasteiger partial charge in [-0.1, -0.05) is 0 Å². The molecule has 0 aliphatic rings. The Hall–Kier alpha value is -1.43. The van der Waals surface area contributed by atoms with Crippen LogP contribution in [0.4, 0.5) is 4.39 Å². The Morgan fingerprint density at radius 1 is 1.42 bits per heavy atom. The van der Waals surface area contributed by atoms with E-state index in [2.05, 4.69) is 20.7 Å². The normalized spacial score (nSPS) is 10.1. The second-order valence-electron chi connectivity index (χ2n) is 3.84. The van der Waals surface area contributed by atoms with Crippen molar-refractivity contribution in [3.63, 3.8) is 0 Å². The van der Waals surface area contributed by atoms with Gasteiger partial charge in [0.2, 0.25) is 0 Å². The molecule has 6 heteroatoms. The molecule has 4 nitrogen and oxygen atoms in total. The first-order valence-electron chi connectivity index (χ1n) is 5.80. The largest absolute Gasteiger partial charge is 0.469 e. The lowest BCUT2D eigenvalue weighted by Gasteiger charge is -2.21. The summed E-state index contributed by atoms with van der Waals surface area (Å²) in [7, 11) is 1.30. The number of carbonyl (C=O) groups is 2. The zero-order valence-electron chi connectivity index (χ0n) is 10.8. The van der Waals surface area contributed by atoms with Gasteiger partial charge in [0.15, 0.2) is 0 Å². The highest BCUT2D eigenvalue weighted by molar-refractivity contribution is 9.10. The highest BCUT2D eigenvalue weighted by Crippen LogP contribution is 2.19. The number of hydrogen-bond acceptors (Lipinski definition) is 3. The van der Waals surface area contributed by atoms with Crippen LogP contribution in [0.5, 0.6) is 0 Å². The second kappa shape index (κ2) is 7.23. The van der Waals surface area contributed by atoms with Crippen LogP contribution in [0.1, 0.15) is 23.7 Å². The fourth-order valence-corrected chi connectivity index (χ4v) is 2.09. The lowest BCUT2D eigenvalue weighted by molar-refractivity contribution is -0.140. The smallest absolute Gasteiger partial charge is 0.307 e. The van der Waals surface area contributed by atoms with Gasteiger partial charge < -0.3 is 9.64 Å². The number of hydrogen-bond donors (Lipinski definition) is 0. The Labute approximate surface area is 119 Å². The summed E-state index contributed by atoms with van der Waals surface area (Å²) >= 11 is 3.16. The van der Waals surface area contributed by atoms with Crippen molar-refractivity contribution in [2.45, 2.75) is 13.3 Å². The first-order chi connectivity index (χ1) is 8.99. The van der Waals surface area contributed by atoms with Crippen LogP contribution >= 0.6 is 15.9 Å². The third-order valence-electron chi connectivity index (χ3n) is 2.64. The molecule has 1 aromatic rings. The SMILES string of the molecule is CCN(CCC(=O)OC)C(=O)c1ccc(F)cc1Br. The van der Waals surface area contributed by atoms with Gasteiger partial charge in [-0.3, -0.25) is 9.59 Å². The van der Waals surface area contributed by atoms with Crippen molar-refractivity contribution in [1.29, 1.82) is 0 Å². The van der Waals surface area contributed by atoms with Crippen molar-refractivity contribution in [2.24, 2.45) is 0 Å². The van der Waals surface area contributed by atoms with E-state index in [-0.39, 0.29) is 24.8 Å². The number of benzene rings is 1. The van der Waals surface area contributed by atoms with Crippen LogP contribution in [0.3, 0.4) is 0 Å². The Bertz CT molecular complexity index is 479. The van der Waals surface area contributed by atoms with Crippen molar-refractivity contribution < 1.29 is 18.7 Å². The summed E-state index contributed by atoms with van der Waals surface area (Å²) in [5.41, 5.74) is 0.369. The summed E-state index contributed by atoms with van der Waals surface area (Å²) < 4.78 is 17.9. The highest BCUT2D eigenvalue weighted by Gasteiger charge is 2.18. The molecule has 0 aliphatic carbocycles.